The Morgan fingerprint density at radius 2 is 2.00 bits per heavy atom. The fourth-order valence-corrected chi connectivity index (χ4v) is 8.46. The summed E-state index contributed by atoms with van der Waals surface area (Å²) >= 11 is 6.19. The quantitative estimate of drug-likeness (QED) is 0.285. The highest BCUT2D eigenvalue weighted by Gasteiger charge is 2.41. The molecule has 2 atom stereocenters. The van der Waals surface area contributed by atoms with Gasteiger partial charge >= 0.3 is 5.97 Å². The second kappa shape index (κ2) is 11.1. The van der Waals surface area contributed by atoms with Gasteiger partial charge in [0.25, 0.3) is 0 Å². The smallest absolute Gasteiger partial charge is 0.310 e. The summed E-state index contributed by atoms with van der Waals surface area (Å²) < 4.78 is 37.3. The third-order valence-corrected chi connectivity index (χ3v) is 11.2. The van der Waals surface area contributed by atoms with Crippen LogP contribution in [-0.2, 0) is 41.3 Å². The first-order valence-corrected chi connectivity index (χ1v) is 16.6. The molecule has 0 bridgehead atoms. The lowest BCUT2D eigenvalue weighted by atomic mass is 9.69. The molecule has 0 fully saturated rings. The number of carboxylic acids is 1. The SMILES string of the molecule is CC[C@@H]1CN(Cc2cc([C@@H](c3ccc4c(nnn4C)c3C)C(C)(C)C(=O)O)cc3c2CCC3)S(=O)(=O)c2cc(Cl)cnc2O1. The zero-order valence-corrected chi connectivity index (χ0v) is 27.0. The average Bonchev–Trinajstić information content (AvgIpc) is 3.58. The van der Waals surface area contributed by atoms with Crippen molar-refractivity contribution < 1.29 is 23.1 Å². The van der Waals surface area contributed by atoms with Crippen LogP contribution in [0.2, 0.25) is 5.02 Å². The van der Waals surface area contributed by atoms with Gasteiger partial charge in [0.1, 0.15) is 16.5 Å². The van der Waals surface area contributed by atoms with E-state index in [0.717, 1.165) is 63.7 Å². The molecule has 3 heterocycles. The number of nitrogens with zero attached hydrogens (tertiary/aromatic N) is 5. The van der Waals surface area contributed by atoms with Crippen molar-refractivity contribution in [3.05, 3.63) is 74.9 Å². The topological polar surface area (TPSA) is 128 Å². The predicted octanol–water partition coefficient (Wildman–Crippen LogP) is 5.42. The first kappa shape index (κ1) is 30.5. The van der Waals surface area contributed by atoms with Crippen molar-refractivity contribution in [2.75, 3.05) is 6.54 Å². The maximum absolute atomic E-state index is 14.1. The number of pyridine rings is 1. The fraction of sp³-hybridized carbons (Fsp3) is 0.438. The molecule has 44 heavy (non-hydrogen) atoms. The molecule has 10 nitrogen and oxygen atoms in total. The Morgan fingerprint density at radius 1 is 1.23 bits per heavy atom. The van der Waals surface area contributed by atoms with E-state index in [1.54, 1.807) is 18.5 Å². The van der Waals surface area contributed by atoms with Gasteiger partial charge in [-0.15, -0.1) is 5.10 Å². The number of ether oxygens (including phenoxy) is 1. The highest BCUT2D eigenvalue weighted by atomic mass is 35.5. The van der Waals surface area contributed by atoms with E-state index in [9.17, 15) is 18.3 Å². The Labute approximate surface area is 262 Å². The summed E-state index contributed by atoms with van der Waals surface area (Å²) in [6.45, 7) is 7.65. The molecule has 232 valence electrons. The van der Waals surface area contributed by atoms with Gasteiger partial charge in [0.05, 0.1) is 22.5 Å². The van der Waals surface area contributed by atoms with Crippen molar-refractivity contribution in [1.82, 2.24) is 24.3 Å². The minimum Gasteiger partial charge on any atom is -0.481 e. The summed E-state index contributed by atoms with van der Waals surface area (Å²) in [6.07, 6.45) is 4.20. The van der Waals surface area contributed by atoms with Crippen molar-refractivity contribution in [3.63, 3.8) is 0 Å². The van der Waals surface area contributed by atoms with Crippen LogP contribution < -0.4 is 4.74 Å². The first-order chi connectivity index (χ1) is 20.8. The van der Waals surface area contributed by atoms with Gasteiger partial charge in [-0.3, -0.25) is 4.79 Å². The summed E-state index contributed by atoms with van der Waals surface area (Å²) in [5.74, 6) is -1.41. The van der Waals surface area contributed by atoms with Crippen LogP contribution in [0.15, 0.2) is 41.4 Å². The summed E-state index contributed by atoms with van der Waals surface area (Å²) in [5.41, 5.74) is 6.08. The standard InChI is InChI=1S/C32H36ClN5O5S/c1-6-23-17-38(44(41,42)27-14-22(33)15-34-30(27)43-23)16-21-13-20(12-19-8-7-9-25(19)21)28(32(3,4)31(39)40)24-10-11-26-29(18(24)2)35-36-37(26)5/h10-15,23,28H,6-9,16-17H2,1-5H3,(H,39,40)/t23-,28+/m1/s1. The third kappa shape index (κ3) is 5.04. The van der Waals surface area contributed by atoms with E-state index in [1.165, 1.54) is 16.6 Å². The van der Waals surface area contributed by atoms with E-state index >= 15 is 0 Å². The zero-order chi connectivity index (χ0) is 31.6. The number of aliphatic carboxylic acids is 1. The predicted molar refractivity (Wildman–Crippen MR) is 167 cm³/mol. The van der Waals surface area contributed by atoms with E-state index in [0.29, 0.717) is 6.42 Å². The molecule has 4 aromatic rings. The van der Waals surface area contributed by atoms with Crippen LogP contribution in [0.5, 0.6) is 5.88 Å². The summed E-state index contributed by atoms with van der Waals surface area (Å²) in [4.78, 5) is 17.0. The summed E-state index contributed by atoms with van der Waals surface area (Å²) in [6, 6.07) is 9.43. The molecule has 12 heteroatoms. The van der Waals surface area contributed by atoms with Gasteiger partial charge in [0, 0.05) is 25.7 Å². The molecule has 0 spiro atoms. The molecule has 1 N–H and O–H groups in total. The lowest BCUT2D eigenvalue weighted by molar-refractivity contribution is -0.147. The second-order valence-electron chi connectivity index (χ2n) is 12.4. The van der Waals surface area contributed by atoms with Crippen LogP contribution >= 0.6 is 11.6 Å². The van der Waals surface area contributed by atoms with Crippen LogP contribution in [0, 0.1) is 12.3 Å². The minimum atomic E-state index is -4.01. The Bertz CT molecular complexity index is 1900. The molecule has 0 unspecified atom stereocenters. The lowest BCUT2D eigenvalue weighted by Gasteiger charge is -2.33. The number of halogens is 1. The maximum atomic E-state index is 14.1. The Hall–Kier alpha value is -3.54. The van der Waals surface area contributed by atoms with E-state index in [2.05, 4.69) is 21.4 Å². The van der Waals surface area contributed by atoms with Crippen molar-refractivity contribution in [2.45, 2.75) is 76.8 Å². The van der Waals surface area contributed by atoms with Gasteiger partial charge in [-0.05, 0) is 92.0 Å². The molecular weight excluding hydrogens is 602 g/mol. The highest BCUT2D eigenvalue weighted by molar-refractivity contribution is 7.89. The number of sulfonamides is 1. The highest BCUT2D eigenvalue weighted by Crippen LogP contribution is 2.45. The van der Waals surface area contributed by atoms with Gasteiger partial charge in [-0.2, -0.15) is 4.31 Å². The zero-order valence-electron chi connectivity index (χ0n) is 25.5. The van der Waals surface area contributed by atoms with Crippen molar-refractivity contribution in [3.8, 4) is 5.88 Å². The van der Waals surface area contributed by atoms with Crippen LogP contribution in [0.3, 0.4) is 0 Å². The molecular formula is C32H36ClN5O5S. The molecule has 0 amide bonds. The molecule has 2 aliphatic rings. The number of hydrogen-bond donors (Lipinski definition) is 1. The van der Waals surface area contributed by atoms with E-state index in [4.69, 9.17) is 16.3 Å². The van der Waals surface area contributed by atoms with Crippen LogP contribution in [0.1, 0.15) is 72.9 Å². The second-order valence-corrected chi connectivity index (χ2v) is 14.7. The molecule has 2 aromatic heterocycles. The number of carboxylic acid groups (broad SMARTS) is 1. The summed E-state index contributed by atoms with van der Waals surface area (Å²) in [5, 5.41) is 19.2. The molecule has 6 rings (SSSR count). The monoisotopic (exact) mass is 637 g/mol. The van der Waals surface area contributed by atoms with Crippen LogP contribution in [-0.4, -0.2) is 56.4 Å². The molecule has 0 radical (unpaired) electrons. The van der Waals surface area contributed by atoms with Crippen LogP contribution in [0.4, 0.5) is 0 Å². The average molecular weight is 638 g/mol. The van der Waals surface area contributed by atoms with Gasteiger partial charge in [-0.25, -0.2) is 18.1 Å². The van der Waals surface area contributed by atoms with Gasteiger partial charge in [0.2, 0.25) is 15.9 Å². The number of benzene rings is 2. The van der Waals surface area contributed by atoms with Gasteiger partial charge in [-0.1, -0.05) is 41.9 Å². The lowest BCUT2D eigenvalue weighted by Crippen LogP contribution is -2.37. The number of aromatic nitrogens is 4. The third-order valence-electron chi connectivity index (χ3n) is 9.22. The fourth-order valence-electron chi connectivity index (χ4n) is 6.69. The number of rotatable bonds is 7. The molecule has 1 aliphatic carbocycles. The van der Waals surface area contributed by atoms with Crippen molar-refractivity contribution in [2.24, 2.45) is 12.5 Å². The molecule has 0 saturated heterocycles. The molecule has 1 aliphatic heterocycles. The van der Waals surface area contributed by atoms with E-state index in [-0.39, 0.29) is 28.9 Å². The van der Waals surface area contributed by atoms with Gasteiger partial charge < -0.3 is 9.84 Å². The minimum absolute atomic E-state index is 0.0495. The maximum Gasteiger partial charge on any atom is 0.310 e. The Kier molecular flexibility index (Phi) is 7.70. The van der Waals surface area contributed by atoms with Crippen molar-refractivity contribution >= 4 is 38.6 Å². The largest absolute Gasteiger partial charge is 0.481 e. The van der Waals surface area contributed by atoms with Gasteiger partial charge in [0.15, 0.2) is 0 Å². The Morgan fingerprint density at radius 3 is 2.73 bits per heavy atom. The van der Waals surface area contributed by atoms with E-state index < -0.39 is 33.4 Å². The van der Waals surface area contributed by atoms with Crippen LogP contribution in [0.25, 0.3) is 11.0 Å². The number of carbonyl (C=O) groups is 1. The van der Waals surface area contributed by atoms with E-state index in [1.807, 2.05) is 39.1 Å². The number of aryl methyl sites for hydroxylation is 3. The number of fused-ring (bicyclic) bond motifs is 3. The molecule has 2 aromatic carbocycles. The summed E-state index contributed by atoms with van der Waals surface area (Å²) in [7, 11) is -2.18. The Balaban J connectivity index is 1.51. The molecule has 0 saturated carbocycles. The normalized spacial score (nSPS) is 18.8. The number of hydrogen-bond acceptors (Lipinski definition) is 7. The van der Waals surface area contributed by atoms with Crippen molar-refractivity contribution in [1.29, 1.82) is 0 Å². The first-order valence-electron chi connectivity index (χ1n) is 14.8.